The summed E-state index contributed by atoms with van der Waals surface area (Å²) in [6, 6.07) is 0. The normalized spacial score (nSPS) is 16.1. The van der Waals surface area contributed by atoms with Gasteiger partial charge in [0.15, 0.2) is 10.9 Å². The molecule has 1 fully saturated rings. The zero-order chi connectivity index (χ0) is 10.8. The molecule has 0 saturated heterocycles. The Labute approximate surface area is 94.1 Å². The summed E-state index contributed by atoms with van der Waals surface area (Å²) in [5, 5.41) is 2.81. The van der Waals surface area contributed by atoms with Crippen LogP contribution in [-0.2, 0) is 0 Å². The second-order valence-electron chi connectivity index (χ2n) is 4.25. The van der Waals surface area contributed by atoms with Crippen molar-refractivity contribution < 1.29 is 4.79 Å². The molecule has 82 valence electrons. The summed E-state index contributed by atoms with van der Waals surface area (Å²) in [6.07, 6.45) is 4.06. The van der Waals surface area contributed by atoms with Crippen LogP contribution in [-0.4, -0.2) is 24.4 Å². The lowest BCUT2D eigenvalue weighted by Gasteiger charge is -2.29. The zero-order valence-corrected chi connectivity index (χ0v) is 10.0. The first-order valence-electron chi connectivity index (χ1n) is 5.34. The van der Waals surface area contributed by atoms with E-state index >= 15 is 0 Å². The highest BCUT2D eigenvalue weighted by molar-refractivity contribution is 7.13. The lowest BCUT2D eigenvalue weighted by atomic mass is 9.85. The highest BCUT2D eigenvalue weighted by atomic mass is 32.1. The van der Waals surface area contributed by atoms with Crippen molar-refractivity contribution in [2.24, 2.45) is 5.92 Å². The highest BCUT2D eigenvalue weighted by Crippen LogP contribution is 2.29. The molecule has 15 heavy (non-hydrogen) atoms. The Morgan fingerprint density at radius 1 is 1.67 bits per heavy atom. The number of anilines is 1. The molecule has 3 nitrogen and oxygen atoms in total. The second-order valence-corrected chi connectivity index (χ2v) is 5.09. The molecule has 2 rings (SSSR count). The number of hydrogen-bond acceptors (Lipinski definition) is 4. The van der Waals surface area contributed by atoms with Crippen LogP contribution < -0.4 is 4.90 Å². The van der Waals surface area contributed by atoms with Gasteiger partial charge in [0, 0.05) is 25.9 Å². The number of ketones is 1. The van der Waals surface area contributed by atoms with E-state index in [0.29, 0.717) is 5.69 Å². The maximum Gasteiger partial charge on any atom is 0.185 e. The number of thiazole rings is 1. The topological polar surface area (TPSA) is 33.2 Å². The molecule has 1 aliphatic rings. The van der Waals surface area contributed by atoms with Crippen LogP contribution >= 0.6 is 11.3 Å². The van der Waals surface area contributed by atoms with Crippen molar-refractivity contribution in [3.8, 4) is 0 Å². The standard InChI is InChI=1S/C11H16N2OS/c1-8(14)10-7-15-11(12-10)13(2)6-9-4-3-5-9/h7,9H,3-6H2,1-2H3. The fourth-order valence-electron chi connectivity index (χ4n) is 1.74. The van der Waals surface area contributed by atoms with Crippen molar-refractivity contribution in [3.05, 3.63) is 11.1 Å². The molecular formula is C11H16N2OS. The molecule has 0 unspecified atom stereocenters. The minimum Gasteiger partial charge on any atom is -0.351 e. The first-order valence-corrected chi connectivity index (χ1v) is 6.22. The molecule has 0 atom stereocenters. The molecule has 0 aromatic carbocycles. The van der Waals surface area contributed by atoms with E-state index in [2.05, 4.69) is 16.9 Å². The molecule has 1 saturated carbocycles. The molecule has 0 spiro atoms. The van der Waals surface area contributed by atoms with Crippen molar-refractivity contribution in [2.75, 3.05) is 18.5 Å². The third-order valence-corrected chi connectivity index (χ3v) is 3.89. The molecule has 0 amide bonds. The van der Waals surface area contributed by atoms with Gasteiger partial charge >= 0.3 is 0 Å². The lowest BCUT2D eigenvalue weighted by Crippen LogP contribution is -2.29. The average Bonchev–Trinajstić information content (AvgIpc) is 2.59. The van der Waals surface area contributed by atoms with Gasteiger partial charge in [0.25, 0.3) is 0 Å². The summed E-state index contributed by atoms with van der Waals surface area (Å²) in [7, 11) is 2.06. The third-order valence-electron chi connectivity index (χ3n) is 2.94. The van der Waals surface area contributed by atoms with E-state index in [0.717, 1.165) is 17.6 Å². The predicted molar refractivity (Wildman–Crippen MR) is 62.7 cm³/mol. The maximum atomic E-state index is 11.1. The quantitative estimate of drug-likeness (QED) is 0.737. The van der Waals surface area contributed by atoms with E-state index in [4.69, 9.17) is 0 Å². The first-order chi connectivity index (χ1) is 7.16. The zero-order valence-electron chi connectivity index (χ0n) is 9.19. The van der Waals surface area contributed by atoms with Gasteiger partial charge in [0.1, 0.15) is 5.69 Å². The van der Waals surface area contributed by atoms with E-state index in [1.54, 1.807) is 18.3 Å². The summed E-state index contributed by atoms with van der Waals surface area (Å²) in [6.45, 7) is 2.63. The largest absolute Gasteiger partial charge is 0.351 e. The van der Waals surface area contributed by atoms with Crippen molar-refractivity contribution in [3.63, 3.8) is 0 Å². The van der Waals surface area contributed by atoms with Crippen LogP contribution in [0.4, 0.5) is 5.13 Å². The Kier molecular flexibility index (Phi) is 3.05. The fourth-order valence-corrected chi connectivity index (χ4v) is 2.58. The number of Topliss-reactive ketones (excluding diaryl/α,β-unsaturated/α-hetero) is 1. The molecule has 1 heterocycles. The Balaban J connectivity index is 1.97. The van der Waals surface area contributed by atoms with Crippen LogP contribution in [0.15, 0.2) is 5.38 Å². The highest BCUT2D eigenvalue weighted by Gasteiger charge is 2.20. The smallest absolute Gasteiger partial charge is 0.185 e. The summed E-state index contributed by atoms with van der Waals surface area (Å²) in [5.74, 6) is 0.884. The van der Waals surface area contributed by atoms with Gasteiger partial charge in [0.2, 0.25) is 0 Å². The molecular weight excluding hydrogens is 208 g/mol. The molecule has 1 aliphatic carbocycles. The van der Waals surface area contributed by atoms with Crippen molar-refractivity contribution in [1.82, 2.24) is 4.98 Å². The Bertz CT molecular complexity index is 357. The summed E-state index contributed by atoms with van der Waals surface area (Å²) in [5.41, 5.74) is 0.593. The van der Waals surface area contributed by atoms with Crippen LogP contribution in [0.2, 0.25) is 0 Å². The minimum absolute atomic E-state index is 0.0505. The predicted octanol–water partition coefficient (Wildman–Crippen LogP) is 2.58. The van der Waals surface area contributed by atoms with Gasteiger partial charge in [-0.05, 0) is 18.8 Å². The van der Waals surface area contributed by atoms with Crippen molar-refractivity contribution >= 4 is 22.3 Å². The molecule has 0 aliphatic heterocycles. The number of aromatic nitrogens is 1. The van der Waals surface area contributed by atoms with Gasteiger partial charge in [-0.3, -0.25) is 4.79 Å². The molecule has 0 bridgehead atoms. The SMILES string of the molecule is CC(=O)c1csc(N(C)CC2CCC2)n1. The van der Waals surface area contributed by atoms with Gasteiger partial charge in [0.05, 0.1) is 0 Å². The van der Waals surface area contributed by atoms with E-state index in [9.17, 15) is 4.79 Å². The van der Waals surface area contributed by atoms with E-state index in [1.807, 2.05) is 5.38 Å². The van der Waals surface area contributed by atoms with Gasteiger partial charge in [-0.15, -0.1) is 11.3 Å². The van der Waals surface area contributed by atoms with Crippen LogP contribution in [0.1, 0.15) is 36.7 Å². The number of nitrogens with zero attached hydrogens (tertiary/aromatic N) is 2. The van der Waals surface area contributed by atoms with Crippen LogP contribution in [0.3, 0.4) is 0 Å². The molecule has 0 N–H and O–H groups in total. The first kappa shape index (κ1) is 10.6. The summed E-state index contributed by atoms with van der Waals surface area (Å²) < 4.78 is 0. The maximum absolute atomic E-state index is 11.1. The fraction of sp³-hybridized carbons (Fsp3) is 0.636. The van der Waals surface area contributed by atoms with Crippen LogP contribution in [0.25, 0.3) is 0 Å². The minimum atomic E-state index is 0.0505. The second kappa shape index (κ2) is 4.31. The van der Waals surface area contributed by atoms with Gasteiger partial charge in [-0.25, -0.2) is 4.98 Å². The third kappa shape index (κ3) is 2.37. The van der Waals surface area contributed by atoms with Gasteiger partial charge in [-0.1, -0.05) is 6.42 Å². The molecule has 4 heteroatoms. The molecule has 0 radical (unpaired) electrons. The number of carbonyl (C=O) groups is 1. The Hall–Kier alpha value is -0.900. The van der Waals surface area contributed by atoms with E-state index in [1.165, 1.54) is 19.3 Å². The van der Waals surface area contributed by atoms with E-state index in [-0.39, 0.29) is 5.78 Å². The Morgan fingerprint density at radius 3 is 2.87 bits per heavy atom. The molecule has 1 aromatic heterocycles. The summed E-state index contributed by atoms with van der Waals surface area (Å²) >= 11 is 1.56. The number of hydrogen-bond donors (Lipinski definition) is 0. The summed E-state index contributed by atoms with van der Waals surface area (Å²) in [4.78, 5) is 17.6. The average molecular weight is 224 g/mol. The number of carbonyl (C=O) groups excluding carboxylic acids is 1. The van der Waals surface area contributed by atoms with Gasteiger partial charge < -0.3 is 4.90 Å². The van der Waals surface area contributed by atoms with Crippen LogP contribution in [0, 0.1) is 5.92 Å². The van der Waals surface area contributed by atoms with Crippen molar-refractivity contribution in [1.29, 1.82) is 0 Å². The lowest BCUT2D eigenvalue weighted by molar-refractivity contribution is 0.101. The van der Waals surface area contributed by atoms with Crippen molar-refractivity contribution in [2.45, 2.75) is 26.2 Å². The number of rotatable bonds is 4. The molecule has 1 aromatic rings. The monoisotopic (exact) mass is 224 g/mol. The van der Waals surface area contributed by atoms with Crippen LogP contribution in [0.5, 0.6) is 0 Å². The van der Waals surface area contributed by atoms with E-state index < -0.39 is 0 Å². The van der Waals surface area contributed by atoms with Gasteiger partial charge in [-0.2, -0.15) is 0 Å². The Morgan fingerprint density at radius 2 is 2.40 bits per heavy atom.